The Morgan fingerprint density at radius 3 is 2.57 bits per heavy atom. The quantitative estimate of drug-likeness (QED) is 0.850. The molecule has 114 valence electrons. The highest BCUT2D eigenvalue weighted by atomic mass is 15.2. The predicted molar refractivity (Wildman–Crippen MR) is 90.3 cm³/mol. The van der Waals surface area contributed by atoms with Crippen LogP contribution < -0.4 is 5.73 Å². The van der Waals surface area contributed by atoms with Crippen LogP contribution in [0.2, 0.25) is 0 Å². The number of nitrogens with zero attached hydrogens (tertiary/aromatic N) is 3. The molecular formula is C17H26N4. The highest BCUT2D eigenvalue weighted by molar-refractivity contribution is 5.81. The second-order valence-corrected chi connectivity index (χ2v) is 5.80. The lowest BCUT2D eigenvalue weighted by molar-refractivity contribution is 0.234. The molecular weight excluding hydrogens is 260 g/mol. The van der Waals surface area contributed by atoms with Crippen LogP contribution in [0.3, 0.4) is 0 Å². The molecule has 21 heavy (non-hydrogen) atoms. The fourth-order valence-corrected chi connectivity index (χ4v) is 2.47. The van der Waals surface area contributed by atoms with Crippen LogP contribution in [0, 0.1) is 0 Å². The van der Waals surface area contributed by atoms with Gasteiger partial charge in [0.2, 0.25) is 0 Å². The molecule has 4 heteroatoms. The largest absolute Gasteiger partial charge is 0.383 e. The molecule has 0 aliphatic carbocycles. The molecule has 2 N–H and O–H groups in total. The second-order valence-electron chi connectivity index (χ2n) is 5.80. The Bertz CT molecular complexity index is 580. The third kappa shape index (κ3) is 4.41. The number of pyridine rings is 1. The van der Waals surface area contributed by atoms with Gasteiger partial charge < -0.3 is 10.6 Å². The number of benzene rings is 1. The van der Waals surface area contributed by atoms with Crippen molar-refractivity contribution in [2.75, 3.05) is 39.5 Å². The zero-order chi connectivity index (χ0) is 15.2. The minimum atomic E-state index is 0.652. The Morgan fingerprint density at radius 2 is 1.86 bits per heavy atom. The van der Waals surface area contributed by atoms with E-state index in [0.717, 1.165) is 49.1 Å². The Hall–Kier alpha value is -1.65. The van der Waals surface area contributed by atoms with Gasteiger partial charge in [0.05, 0.1) is 5.52 Å². The van der Waals surface area contributed by atoms with E-state index in [2.05, 4.69) is 47.9 Å². The summed E-state index contributed by atoms with van der Waals surface area (Å²) in [4.78, 5) is 9.18. The van der Waals surface area contributed by atoms with Crippen molar-refractivity contribution < 1.29 is 0 Å². The van der Waals surface area contributed by atoms with E-state index < -0.39 is 0 Å². The van der Waals surface area contributed by atoms with Gasteiger partial charge in [-0.15, -0.1) is 0 Å². The number of nitrogens with two attached hydrogens (primary N) is 1. The fraction of sp³-hybridized carbons (Fsp3) is 0.471. The van der Waals surface area contributed by atoms with Gasteiger partial charge in [0.15, 0.2) is 0 Å². The van der Waals surface area contributed by atoms with Crippen molar-refractivity contribution in [3.63, 3.8) is 0 Å². The van der Waals surface area contributed by atoms with Gasteiger partial charge in [-0.25, -0.2) is 4.98 Å². The molecule has 0 unspecified atom stereocenters. The molecule has 0 spiro atoms. The number of rotatable bonds is 7. The van der Waals surface area contributed by atoms with Gasteiger partial charge in [0, 0.05) is 30.6 Å². The molecule has 0 saturated heterocycles. The number of nitrogen functional groups attached to an aromatic ring is 1. The molecule has 0 bridgehead atoms. The van der Waals surface area contributed by atoms with E-state index in [1.807, 2.05) is 18.2 Å². The van der Waals surface area contributed by atoms with Crippen molar-refractivity contribution in [1.29, 1.82) is 0 Å². The summed E-state index contributed by atoms with van der Waals surface area (Å²) in [5.74, 6) is 0.652. The third-order valence-electron chi connectivity index (χ3n) is 3.63. The minimum Gasteiger partial charge on any atom is -0.383 e. The number of anilines is 1. The molecule has 0 aliphatic rings. The van der Waals surface area contributed by atoms with Gasteiger partial charge in [-0.1, -0.05) is 25.1 Å². The molecule has 0 radical (unpaired) electrons. The Kier molecular flexibility index (Phi) is 5.53. The van der Waals surface area contributed by atoms with E-state index in [0.29, 0.717) is 5.82 Å². The summed E-state index contributed by atoms with van der Waals surface area (Å²) in [5, 5.41) is 1.16. The summed E-state index contributed by atoms with van der Waals surface area (Å²) in [5.41, 5.74) is 8.23. The van der Waals surface area contributed by atoms with E-state index >= 15 is 0 Å². The van der Waals surface area contributed by atoms with Crippen LogP contribution in [0.1, 0.15) is 18.9 Å². The first-order valence-corrected chi connectivity index (χ1v) is 7.61. The number of hydrogen-bond acceptors (Lipinski definition) is 4. The van der Waals surface area contributed by atoms with E-state index in [4.69, 9.17) is 5.73 Å². The number of para-hydroxylation sites is 1. The SMILES string of the molecule is CCCN(CCN(C)C)Cc1cc2ccccc2nc1N. The van der Waals surface area contributed by atoms with Crippen molar-refractivity contribution >= 4 is 16.7 Å². The van der Waals surface area contributed by atoms with Crippen LogP contribution in [0.25, 0.3) is 10.9 Å². The van der Waals surface area contributed by atoms with Crippen molar-refractivity contribution in [2.24, 2.45) is 0 Å². The normalized spacial score (nSPS) is 11.7. The molecule has 1 aromatic carbocycles. The molecule has 1 aromatic heterocycles. The van der Waals surface area contributed by atoms with Gasteiger partial charge in [0.25, 0.3) is 0 Å². The first kappa shape index (κ1) is 15.7. The maximum Gasteiger partial charge on any atom is 0.128 e. The average Bonchev–Trinajstić information content (AvgIpc) is 2.45. The van der Waals surface area contributed by atoms with E-state index in [1.54, 1.807) is 0 Å². The van der Waals surface area contributed by atoms with Crippen LogP contribution >= 0.6 is 0 Å². The minimum absolute atomic E-state index is 0.652. The van der Waals surface area contributed by atoms with Crippen LogP contribution in [-0.4, -0.2) is 48.5 Å². The Labute approximate surface area is 127 Å². The number of likely N-dealkylation sites (N-methyl/N-ethyl adjacent to an activating group) is 1. The second kappa shape index (κ2) is 7.38. The molecule has 0 fully saturated rings. The fourth-order valence-electron chi connectivity index (χ4n) is 2.47. The third-order valence-corrected chi connectivity index (χ3v) is 3.63. The topological polar surface area (TPSA) is 45.4 Å². The molecule has 0 atom stereocenters. The summed E-state index contributed by atoms with van der Waals surface area (Å²) in [6, 6.07) is 10.3. The van der Waals surface area contributed by atoms with Crippen LogP contribution in [-0.2, 0) is 6.54 Å². The van der Waals surface area contributed by atoms with E-state index in [1.165, 1.54) is 0 Å². The summed E-state index contributed by atoms with van der Waals surface area (Å²) in [6.45, 7) is 6.27. The van der Waals surface area contributed by atoms with Crippen molar-refractivity contribution in [3.8, 4) is 0 Å². The van der Waals surface area contributed by atoms with Gasteiger partial charge in [0.1, 0.15) is 5.82 Å². The number of aromatic nitrogens is 1. The summed E-state index contributed by atoms with van der Waals surface area (Å²) in [6.07, 6.45) is 1.15. The first-order valence-electron chi connectivity index (χ1n) is 7.61. The predicted octanol–water partition coefficient (Wildman–Crippen LogP) is 2.59. The zero-order valence-corrected chi connectivity index (χ0v) is 13.3. The van der Waals surface area contributed by atoms with Gasteiger partial charge in [-0.05, 0) is 39.2 Å². The van der Waals surface area contributed by atoms with E-state index in [9.17, 15) is 0 Å². The Morgan fingerprint density at radius 1 is 1.10 bits per heavy atom. The standard InChI is InChI=1S/C17H26N4/c1-4-9-21(11-10-20(2)3)13-15-12-14-7-5-6-8-16(14)19-17(15)18/h5-8,12H,4,9-11,13H2,1-3H3,(H2,18,19). The average molecular weight is 286 g/mol. The van der Waals surface area contributed by atoms with Crippen molar-refractivity contribution in [2.45, 2.75) is 19.9 Å². The highest BCUT2D eigenvalue weighted by Gasteiger charge is 2.10. The molecule has 0 aliphatic heterocycles. The van der Waals surface area contributed by atoms with Crippen LogP contribution in [0.4, 0.5) is 5.82 Å². The van der Waals surface area contributed by atoms with E-state index in [-0.39, 0.29) is 0 Å². The van der Waals surface area contributed by atoms with Crippen LogP contribution in [0.15, 0.2) is 30.3 Å². The van der Waals surface area contributed by atoms with Gasteiger partial charge in [-0.3, -0.25) is 4.90 Å². The Balaban J connectivity index is 2.17. The first-order chi connectivity index (χ1) is 10.1. The molecule has 0 saturated carbocycles. The maximum absolute atomic E-state index is 6.14. The maximum atomic E-state index is 6.14. The zero-order valence-electron chi connectivity index (χ0n) is 13.3. The number of hydrogen-bond donors (Lipinski definition) is 1. The lowest BCUT2D eigenvalue weighted by Gasteiger charge is -2.24. The molecule has 2 rings (SSSR count). The molecule has 2 aromatic rings. The van der Waals surface area contributed by atoms with Crippen LogP contribution in [0.5, 0.6) is 0 Å². The van der Waals surface area contributed by atoms with Crippen molar-refractivity contribution in [1.82, 2.24) is 14.8 Å². The highest BCUT2D eigenvalue weighted by Crippen LogP contribution is 2.19. The van der Waals surface area contributed by atoms with Gasteiger partial charge in [-0.2, -0.15) is 0 Å². The summed E-state index contributed by atoms with van der Waals surface area (Å²) >= 11 is 0. The lowest BCUT2D eigenvalue weighted by atomic mass is 10.1. The van der Waals surface area contributed by atoms with Crippen molar-refractivity contribution in [3.05, 3.63) is 35.9 Å². The van der Waals surface area contributed by atoms with Gasteiger partial charge >= 0.3 is 0 Å². The molecule has 4 nitrogen and oxygen atoms in total. The molecule has 0 amide bonds. The lowest BCUT2D eigenvalue weighted by Crippen LogP contribution is -2.32. The number of fused-ring (bicyclic) bond motifs is 1. The molecule has 1 heterocycles. The smallest absolute Gasteiger partial charge is 0.128 e. The summed E-state index contributed by atoms with van der Waals surface area (Å²) < 4.78 is 0. The summed E-state index contributed by atoms with van der Waals surface area (Å²) in [7, 11) is 4.21. The monoisotopic (exact) mass is 286 g/mol.